The predicted octanol–water partition coefficient (Wildman–Crippen LogP) is -2.45. The van der Waals surface area contributed by atoms with Crippen LogP contribution in [0.25, 0.3) is 0 Å². The molecule has 0 aliphatic carbocycles. The Bertz CT molecular complexity index is 52.8. The minimum atomic E-state index is -0.778. The van der Waals surface area contributed by atoms with Crippen LogP contribution in [0, 0.1) is 10.1 Å². The fourth-order valence-corrected chi connectivity index (χ4v) is 0.958. The van der Waals surface area contributed by atoms with E-state index in [0.717, 1.165) is 0 Å². The molecule has 0 fully saturated rings. The summed E-state index contributed by atoms with van der Waals surface area (Å²) >= 11 is 1.19. The van der Waals surface area contributed by atoms with Gasteiger partial charge in [0.15, 0.2) is 0 Å². The summed E-state index contributed by atoms with van der Waals surface area (Å²) in [4.78, 5) is 9.21. The van der Waals surface area contributed by atoms with Crippen LogP contribution in [-0.2, 0) is 3.17 Å². The van der Waals surface area contributed by atoms with Crippen LogP contribution >= 0.6 is 18.6 Å². The van der Waals surface area contributed by atoms with Gasteiger partial charge in [0.05, 0.1) is 0 Å². The molecule has 0 rings (SSSR count). The molecule has 0 bridgehead atoms. The Morgan fingerprint density at radius 1 is 2.00 bits per heavy atom. The van der Waals surface area contributed by atoms with Gasteiger partial charge in [0.25, 0.3) is 0 Å². The zero-order valence-electron chi connectivity index (χ0n) is 2.43. The second-order valence-corrected chi connectivity index (χ2v) is 3.31. The third-order valence-corrected chi connectivity index (χ3v) is 1.55. The molecule has 4 nitrogen and oxygen atoms in total. The molecular weight excluding hydrogens is 316 g/mol. The Kier molecular flexibility index (Phi) is 4.26. The molecule has 0 N–H and O–H groups in total. The van der Waals surface area contributed by atoms with Crippen molar-refractivity contribution in [2.45, 2.75) is 0 Å². The number of hydrogen-bond acceptors (Lipinski definition) is 3. The predicted molar refractivity (Wildman–Crippen MR) is 22.1 cm³/mol. The van der Waals surface area contributed by atoms with Crippen LogP contribution < -0.4 is 17.6 Å². The van der Waals surface area contributed by atoms with Gasteiger partial charge in [-0.2, -0.15) is 0 Å². The molecular formula is I2NO3-. The van der Waals surface area contributed by atoms with Crippen LogP contribution in [0.5, 0.6) is 0 Å². The summed E-state index contributed by atoms with van der Waals surface area (Å²) in [7, 11) is 0. The molecule has 0 saturated heterocycles. The van der Waals surface area contributed by atoms with Gasteiger partial charge in [-0.1, -0.05) is 0 Å². The van der Waals surface area contributed by atoms with Gasteiger partial charge in [0.1, 0.15) is 0 Å². The zero-order valence-corrected chi connectivity index (χ0v) is 6.74. The Balaban J connectivity index is 2.83. The Labute approximate surface area is 54.3 Å². The van der Waals surface area contributed by atoms with Crippen LogP contribution in [0.15, 0.2) is 0 Å². The Morgan fingerprint density at radius 2 is 2.50 bits per heavy atom. The summed E-state index contributed by atoms with van der Waals surface area (Å²) < 4.78 is 3.86. The second-order valence-electron chi connectivity index (χ2n) is 0.351. The molecule has 0 radical (unpaired) electrons. The van der Waals surface area contributed by atoms with Crippen molar-refractivity contribution in [1.82, 2.24) is 0 Å². The van der Waals surface area contributed by atoms with Crippen molar-refractivity contribution in [3.8, 4) is 0 Å². The summed E-state index contributed by atoms with van der Waals surface area (Å²) in [6, 6.07) is 0. The average Bonchev–Trinajstić information content (AvgIpc) is 1.35. The molecule has 0 amide bonds. The molecule has 0 aliphatic heterocycles. The normalized spacial score (nSPS) is 8.17. The standard InChI is InChI=1S/I2NO3/c1-2-6-3(4)5/q-1. The van der Waals surface area contributed by atoms with Crippen LogP contribution in [-0.4, -0.2) is 5.09 Å². The quantitative estimate of drug-likeness (QED) is 0.323. The van der Waals surface area contributed by atoms with E-state index in [4.69, 9.17) is 0 Å². The molecule has 0 atom stereocenters. The molecule has 0 heterocycles. The number of rotatable bonds is 2. The van der Waals surface area contributed by atoms with Gasteiger partial charge in [0.2, 0.25) is 0 Å². The first-order chi connectivity index (χ1) is 2.77. The van der Waals surface area contributed by atoms with Gasteiger partial charge in [-0.05, 0) is 0 Å². The Hall–Kier alpha value is 0.660. The van der Waals surface area contributed by atoms with E-state index >= 15 is 0 Å². The van der Waals surface area contributed by atoms with Gasteiger partial charge in [-0.25, -0.2) is 0 Å². The van der Waals surface area contributed by atoms with Crippen molar-refractivity contribution in [3.63, 3.8) is 0 Å². The van der Waals surface area contributed by atoms with Crippen LogP contribution in [0.4, 0.5) is 0 Å². The van der Waals surface area contributed by atoms with Gasteiger partial charge in [-0.15, -0.1) is 0 Å². The average molecular weight is 316 g/mol. The summed E-state index contributed by atoms with van der Waals surface area (Å²) in [5.41, 5.74) is 0. The first kappa shape index (κ1) is 6.66. The molecule has 0 aromatic rings. The van der Waals surface area contributed by atoms with Crippen molar-refractivity contribution in [3.05, 3.63) is 10.1 Å². The van der Waals surface area contributed by atoms with E-state index in [9.17, 15) is 10.1 Å². The first-order valence-electron chi connectivity index (χ1n) is 0.845. The zero-order chi connectivity index (χ0) is 4.99. The molecule has 0 aliphatic rings. The van der Waals surface area contributed by atoms with Gasteiger partial charge < -0.3 is 0 Å². The SMILES string of the molecule is O=[N+]([O-])O[I-]I. The number of halogens is 2. The van der Waals surface area contributed by atoms with Crippen molar-refractivity contribution in [2.75, 3.05) is 0 Å². The number of hydrogen-bond donors (Lipinski definition) is 0. The van der Waals surface area contributed by atoms with Crippen molar-refractivity contribution < 1.29 is 25.9 Å². The van der Waals surface area contributed by atoms with E-state index < -0.39 is 22.7 Å². The maximum absolute atomic E-state index is 9.21. The van der Waals surface area contributed by atoms with Crippen molar-refractivity contribution >= 4 is 18.6 Å². The fraction of sp³-hybridized carbons (Fsp3) is 0. The molecule has 0 aromatic carbocycles. The molecule has 0 aromatic heterocycles. The minimum absolute atomic E-state index is 0.662. The van der Waals surface area contributed by atoms with E-state index in [1.54, 1.807) is 0 Å². The summed E-state index contributed by atoms with van der Waals surface area (Å²) in [5, 5.41) is 8.43. The monoisotopic (exact) mass is 316 g/mol. The van der Waals surface area contributed by atoms with Gasteiger partial charge in [-0.3, -0.25) is 0 Å². The third-order valence-electron chi connectivity index (χ3n) is 0.0824. The van der Waals surface area contributed by atoms with Crippen LogP contribution in [0.1, 0.15) is 0 Å². The van der Waals surface area contributed by atoms with Crippen molar-refractivity contribution in [2.24, 2.45) is 0 Å². The van der Waals surface area contributed by atoms with Gasteiger partial charge >= 0.3 is 54.6 Å². The van der Waals surface area contributed by atoms with Crippen LogP contribution in [0.3, 0.4) is 0 Å². The van der Waals surface area contributed by atoms with E-state index in [0.29, 0.717) is 0 Å². The van der Waals surface area contributed by atoms with E-state index in [1.807, 2.05) is 18.6 Å². The molecule has 0 spiro atoms. The second kappa shape index (κ2) is 3.84. The Morgan fingerprint density at radius 3 is 2.50 bits per heavy atom. The molecule has 6 heteroatoms. The summed E-state index contributed by atoms with van der Waals surface area (Å²) in [5.74, 6) is 0. The van der Waals surface area contributed by atoms with E-state index in [-0.39, 0.29) is 0 Å². The molecule has 0 unspecified atom stereocenters. The molecule has 38 valence electrons. The maximum atomic E-state index is 9.21. The van der Waals surface area contributed by atoms with E-state index in [2.05, 4.69) is 3.17 Å². The van der Waals surface area contributed by atoms with Gasteiger partial charge in [0, 0.05) is 0 Å². The topological polar surface area (TPSA) is 52.4 Å². The van der Waals surface area contributed by atoms with Crippen LogP contribution in [0.2, 0.25) is 0 Å². The number of nitrogens with zero attached hydrogens (tertiary/aromatic N) is 1. The first-order valence-corrected chi connectivity index (χ1v) is 8.01. The van der Waals surface area contributed by atoms with Crippen molar-refractivity contribution in [1.29, 1.82) is 0 Å². The fourth-order valence-electron chi connectivity index (χ4n) is 0.0213. The molecule has 6 heavy (non-hydrogen) atoms. The summed E-state index contributed by atoms with van der Waals surface area (Å²) in [6.45, 7) is 0. The molecule has 0 saturated carbocycles. The van der Waals surface area contributed by atoms with E-state index in [1.165, 1.54) is 0 Å². The third kappa shape index (κ3) is 4.66. The summed E-state index contributed by atoms with van der Waals surface area (Å²) in [6.07, 6.45) is 0.